The van der Waals surface area contributed by atoms with E-state index in [-0.39, 0.29) is 12.5 Å². The Kier molecular flexibility index (Phi) is 5.74. The molecule has 2 aromatic carbocycles. The van der Waals surface area contributed by atoms with Crippen molar-refractivity contribution in [1.82, 2.24) is 0 Å². The molecular formula is C19H21NO2S2. The van der Waals surface area contributed by atoms with E-state index in [2.05, 4.69) is 18.3 Å². The third-order valence-electron chi connectivity index (χ3n) is 3.94. The molecule has 1 amide bonds. The largest absolute Gasteiger partial charge is 0.483 e. The highest BCUT2D eigenvalue weighted by molar-refractivity contribution is 8.19. The summed E-state index contributed by atoms with van der Waals surface area (Å²) in [6.45, 7) is 4.11. The fraction of sp³-hybridized carbons (Fsp3) is 0.316. The number of para-hydroxylation sites is 1. The quantitative estimate of drug-likeness (QED) is 0.832. The standard InChI is InChI=1S/C19H21NO2S2/c1-13-7-8-15(11-14(13)2)20-18(21)12-22-17-6-4-3-5-16(17)19-23-9-10-24-19/h3-8,11,19H,9-10,12H2,1-2H3,(H,20,21). The van der Waals surface area contributed by atoms with Gasteiger partial charge in [-0.1, -0.05) is 24.3 Å². The van der Waals surface area contributed by atoms with Crippen molar-refractivity contribution >= 4 is 35.1 Å². The number of carbonyl (C=O) groups is 1. The summed E-state index contributed by atoms with van der Waals surface area (Å²) in [6.07, 6.45) is 0. The van der Waals surface area contributed by atoms with Crippen LogP contribution in [0.2, 0.25) is 0 Å². The van der Waals surface area contributed by atoms with Crippen molar-refractivity contribution in [3.63, 3.8) is 0 Å². The van der Waals surface area contributed by atoms with Crippen LogP contribution < -0.4 is 10.1 Å². The van der Waals surface area contributed by atoms with E-state index < -0.39 is 0 Å². The minimum atomic E-state index is -0.139. The fourth-order valence-corrected chi connectivity index (χ4v) is 5.41. The maximum atomic E-state index is 12.2. The molecule has 5 heteroatoms. The van der Waals surface area contributed by atoms with Crippen LogP contribution in [-0.2, 0) is 4.79 Å². The zero-order valence-electron chi connectivity index (χ0n) is 13.9. The van der Waals surface area contributed by atoms with E-state index in [1.807, 2.05) is 66.8 Å². The van der Waals surface area contributed by atoms with E-state index in [0.717, 1.165) is 28.5 Å². The van der Waals surface area contributed by atoms with Gasteiger partial charge in [0.2, 0.25) is 0 Å². The Bertz CT molecular complexity index is 727. The highest BCUT2D eigenvalue weighted by Gasteiger charge is 2.21. The summed E-state index contributed by atoms with van der Waals surface area (Å²) in [5.74, 6) is 2.99. The van der Waals surface area contributed by atoms with Crippen LogP contribution in [-0.4, -0.2) is 24.0 Å². The summed E-state index contributed by atoms with van der Waals surface area (Å²) in [7, 11) is 0. The first-order valence-corrected chi connectivity index (χ1v) is 10.1. The Morgan fingerprint density at radius 2 is 1.88 bits per heavy atom. The molecular weight excluding hydrogens is 338 g/mol. The normalized spacial score (nSPS) is 14.6. The molecule has 0 atom stereocenters. The molecule has 1 N–H and O–H groups in total. The van der Waals surface area contributed by atoms with Gasteiger partial charge in [-0.3, -0.25) is 4.79 Å². The lowest BCUT2D eigenvalue weighted by atomic mass is 10.1. The summed E-state index contributed by atoms with van der Waals surface area (Å²) in [5.41, 5.74) is 4.35. The highest BCUT2D eigenvalue weighted by Crippen LogP contribution is 2.48. The zero-order valence-corrected chi connectivity index (χ0v) is 15.5. The Balaban J connectivity index is 1.61. The maximum Gasteiger partial charge on any atom is 0.262 e. The predicted molar refractivity (Wildman–Crippen MR) is 104 cm³/mol. The number of aryl methyl sites for hydroxylation is 2. The van der Waals surface area contributed by atoms with Gasteiger partial charge in [0.25, 0.3) is 5.91 Å². The van der Waals surface area contributed by atoms with Gasteiger partial charge in [0.05, 0.1) is 4.58 Å². The van der Waals surface area contributed by atoms with Crippen LogP contribution in [0.15, 0.2) is 42.5 Å². The molecule has 126 valence electrons. The van der Waals surface area contributed by atoms with Crippen LogP contribution in [0.5, 0.6) is 5.75 Å². The smallest absolute Gasteiger partial charge is 0.262 e. The molecule has 1 heterocycles. The van der Waals surface area contributed by atoms with Crippen molar-refractivity contribution in [1.29, 1.82) is 0 Å². The molecule has 1 aliphatic rings. The SMILES string of the molecule is Cc1ccc(NC(=O)COc2ccccc2C2SCCS2)cc1C. The average molecular weight is 360 g/mol. The number of hydrogen-bond donors (Lipinski definition) is 1. The molecule has 3 rings (SSSR count). The topological polar surface area (TPSA) is 38.3 Å². The van der Waals surface area contributed by atoms with E-state index in [9.17, 15) is 4.79 Å². The first kappa shape index (κ1) is 17.2. The molecule has 0 radical (unpaired) electrons. The number of benzene rings is 2. The van der Waals surface area contributed by atoms with Crippen LogP contribution in [0.3, 0.4) is 0 Å². The molecule has 0 aromatic heterocycles. The van der Waals surface area contributed by atoms with E-state index in [0.29, 0.717) is 4.58 Å². The lowest BCUT2D eigenvalue weighted by Gasteiger charge is -2.15. The molecule has 1 aliphatic heterocycles. The third kappa shape index (κ3) is 4.28. The zero-order chi connectivity index (χ0) is 16.9. The summed E-state index contributed by atoms with van der Waals surface area (Å²) in [4.78, 5) is 12.2. The summed E-state index contributed by atoms with van der Waals surface area (Å²) >= 11 is 3.86. The second-order valence-electron chi connectivity index (χ2n) is 5.75. The van der Waals surface area contributed by atoms with Crippen LogP contribution in [0.1, 0.15) is 21.3 Å². The van der Waals surface area contributed by atoms with Gasteiger partial charge in [-0.2, -0.15) is 0 Å². The van der Waals surface area contributed by atoms with Gasteiger partial charge in [0.1, 0.15) is 5.75 Å². The lowest BCUT2D eigenvalue weighted by molar-refractivity contribution is -0.118. The van der Waals surface area contributed by atoms with E-state index in [1.54, 1.807) is 0 Å². The molecule has 1 fully saturated rings. The second kappa shape index (κ2) is 7.99. The number of carbonyl (C=O) groups excluding carboxylic acids is 1. The van der Waals surface area contributed by atoms with Crippen molar-refractivity contribution in [3.8, 4) is 5.75 Å². The van der Waals surface area contributed by atoms with E-state index >= 15 is 0 Å². The van der Waals surface area contributed by atoms with Crippen LogP contribution >= 0.6 is 23.5 Å². The highest BCUT2D eigenvalue weighted by atomic mass is 32.2. The molecule has 24 heavy (non-hydrogen) atoms. The second-order valence-corrected chi connectivity index (χ2v) is 8.47. The Hall–Kier alpha value is -1.59. The fourth-order valence-electron chi connectivity index (χ4n) is 2.50. The van der Waals surface area contributed by atoms with Gasteiger partial charge >= 0.3 is 0 Å². The predicted octanol–water partition coefficient (Wildman–Crippen LogP) is 4.80. The number of amides is 1. The molecule has 0 unspecified atom stereocenters. The molecule has 2 aromatic rings. The van der Waals surface area contributed by atoms with Gasteiger partial charge in [0, 0.05) is 22.8 Å². The lowest BCUT2D eigenvalue weighted by Crippen LogP contribution is -2.20. The van der Waals surface area contributed by atoms with Gasteiger partial charge in [-0.05, 0) is 43.2 Å². The minimum Gasteiger partial charge on any atom is -0.483 e. The first-order chi connectivity index (χ1) is 11.6. The average Bonchev–Trinajstić information content (AvgIpc) is 3.11. The van der Waals surface area contributed by atoms with Crippen molar-refractivity contribution in [3.05, 3.63) is 59.2 Å². The van der Waals surface area contributed by atoms with Crippen LogP contribution in [0, 0.1) is 13.8 Å². The molecule has 1 saturated heterocycles. The van der Waals surface area contributed by atoms with Gasteiger partial charge in [-0.15, -0.1) is 23.5 Å². The molecule has 3 nitrogen and oxygen atoms in total. The maximum absolute atomic E-state index is 12.2. The summed E-state index contributed by atoms with van der Waals surface area (Å²) in [5, 5.41) is 2.89. The van der Waals surface area contributed by atoms with Crippen LogP contribution in [0.25, 0.3) is 0 Å². The molecule has 0 saturated carbocycles. The number of ether oxygens (including phenoxy) is 1. The number of anilines is 1. The van der Waals surface area contributed by atoms with Crippen LogP contribution in [0.4, 0.5) is 5.69 Å². The number of rotatable bonds is 5. The molecule has 0 spiro atoms. The Morgan fingerprint density at radius 1 is 1.12 bits per heavy atom. The number of nitrogens with one attached hydrogen (secondary N) is 1. The van der Waals surface area contributed by atoms with E-state index in [1.165, 1.54) is 11.1 Å². The molecule has 0 bridgehead atoms. The summed E-state index contributed by atoms with van der Waals surface area (Å²) in [6, 6.07) is 13.9. The molecule has 0 aliphatic carbocycles. The van der Waals surface area contributed by atoms with Crippen molar-refractivity contribution < 1.29 is 9.53 Å². The van der Waals surface area contributed by atoms with Gasteiger partial charge in [0.15, 0.2) is 6.61 Å². The van der Waals surface area contributed by atoms with Crippen molar-refractivity contribution in [2.75, 3.05) is 23.4 Å². The number of hydrogen-bond acceptors (Lipinski definition) is 4. The monoisotopic (exact) mass is 359 g/mol. The Labute approximate surface area is 151 Å². The third-order valence-corrected chi connectivity index (χ3v) is 7.01. The summed E-state index contributed by atoms with van der Waals surface area (Å²) < 4.78 is 6.21. The Morgan fingerprint density at radius 3 is 2.62 bits per heavy atom. The van der Waals surface area contributed by atoms with E-state index in [4.69, 9.17) is 4.74 Å². The van der Waals surface area contributed by atoms with Crippen molar-refractivity contribution in [2.45, 2.75) is 18.4 Å². The van der Waals surface area contributed by atoms with Gasteiger partial charge < -0.3 is 10.1 Å². The van der Waals surface area contributed by atoms with Gasteiger partial charge in [-0.25, -0.2) is 0 Å². The van der Waals surface area contributed by atoms with Crippen molar-refractivity contribution in [2.24, 2.45) is 0 Å². The minimum absolute atomic E-state index is 0.0198. The number of thioether (sulfide) groups is 2. The first-order valence-electron chi connectivity index (χ1n) is 7.95.